The van der Waals surface area contributed by atoms with Gasteiger partial charge in [0.25, 0.3) is 5.91 Å². The van der Waals surface area contributed by atoms with Crippen LogP contribution in [0.5, 0.6) is 0 Å². The quantitative estimate of drug-likeness (QED) is 0.884. The van der Waals surface area contributed by atoms with Gasteiger partial charge in [-0.2, -0.15) is 0 Å². The topological polar surface area (TPSA) is 32.3 Å². The lowest BCUT2D eigenvalue weighted by Gasteiger charge is -2.32. The Hall–Kier alpha value is -1.35. The van der Waals surface area contributed by atoms with Gasteiger partial charge in [-0.15, -0.1) is 0 Å². The summed E-state index contributed by atoms with van der Waals surface area (Å²) >= 11 is 0. The van der Waals surface area contributed by atoms with Crippen LogP contribution in [0.2, 0.25) is 0 Å². The Kier molecular flexibility index (Phi) is 4.76. The molecule has 0 spiro atoms. The molecule has 98 valence electrons. The van der Waals surface area contributed by atoms with E-state index in [0.717, 1.165) is 18.5 Å². The van der Waals surface area contributed by atoms with Crippen molar-refractivity contribution >= 4 is 5.91 Å². The second kappa shape index (κ2) is 6.55. The van der Waals surface area contributed by atoms with Gasteiger partial charge < -0.3 is 10.2 Å². The smallest absolute Gasteiger partial charge is 0.251 e. The van der Waals surface area contributed by atoms with Crippen molar-refractivity contribution in [1.82, 2.24) is 10.2 Å². The molecule has 0 unspecified atom stereocenters. The van der Waals surface area contributed by atoms with Gasteiger partial charge in [0.1, 0.15) is 0 Å². The highest BCUT2D eigenvalue weighted by atomic mass is 16.1. The minimum Gasteiger partial charge on any atom is -0.352 e. The monoisotopic (exact) mass is 246 g/mol. The molecule has 1 amide bonds. The molecule has 1 aromatic carbocycles. The van der Waals surface area contributed by atoms with Crippen molar-refractivity contribution in [2.45, 2.75) is 31.7 Å². The average molecular weight is 246 g/mol. The fourth-order valence-electron chi connectivity index (χ4n) is 2.55. The molecule has 1 N–H and O–H groups in total. The normalized spacial score (nSPS) is 20.6. The highest BCUT2D eigenvalue weighted by molar-refractivity contribution is 5.94. The van der Waals surface area contributed by atoms with Crippen molar-refractivity contribution in [3.05, 3.63) is 35.9 Å². The molecular formula is C15H22N2O. The van der Waals surface area contributed by atoms with E-state index in [1.54, 1.807) is 0 Å². The highest BCUT2D eigenvalue weighted by Crippen LogP contribution is 2.17. The molecule has 0 aliphatic carbocycles. The van der Waals surface area contributed by atoms with E-state index >= 15 is 0 Å². The molecule has 1 aromatic rings. The number of hydrogen-bond donors (Lipinski definition) is 1. The Labute approximate surface area is 109 Å². The number of rotatable bonds is 4. The van der Waals surface area contributed by atoms with Crippen molar-refractivity contribution in [3.8, 4) is 0 Å². The van der Waals surface area contributed by atoms with Crippen LogP contribution in [0.1, 0.15) is 36.0 Å². The second-order valence-electron chi connectivity index (χ2n) is 5.04. The zero-order valence-corrected chi connectivity index (χ0v) is 11.1. The minimum absolute atomic E-state index is 0.0362. The molecule has 1 saturated heterocycles. The number of piperidine rings is 1. The van der Waals surface area contributed by atoms with Gasteiger partial charge in [-0.05, 0) is 45.0 Å². The van der Waals surface area contributed by atoms with E-state index in [4.69, 9.17) is 0 Å². The first-order valence-electron chi connectivity index (χ1n) is 6.81. The van der Waals surface area contributed by atoms with E-state index in [-0.39, 0.29) is 5.91 Å². The molecule has 1 aliphatic heterocycles. The first kappa shape index (κ1) is 13.1. The van der Waals surface area contributed by atoms with Gasteiger partial charge in [0, 0.05) is 18.2 Å². The van der Waals surface area contributed by atoms with Crippen LogP contribution in [0.3, 0.4) is 0 Å². The van der Waals surface area contributed by atoms with E-state index in [1.807, 2.05) is 30.3 Å². The maximum Gasteiger partial charge on any atom is 0.251 e. The Bertz CT molecular complexity index is 377. The van der Waals surface area contributed by atoms with Crippen LogP contribution in [0.25, 0.3) is 0 Å². The van der Waals surface area contributed by atoms with E-state index < -0.39 is 0 Å². The minimum atomic E-state index is 0.0362. The largest absolute Gasteiger partial charge is 0.352 e. The number of carbonyl (C=O) groups excluding carboxylic acids is 1. The number of carbonyl (C=O) groups is 1. The van der Waals surface area contributed by atoms with Crippen LogP contribution >= 0.6 is 0 Å². The van der Waals surface area contributed by atoms with Crippen LogP contribution in [-0.2, 0) is 0 Å². The molecule has 1 heterocycles. The van der Waals surface area contributed by atoms with E-state index in [2.05, 4.69) is 17.3 Å². The summed E-state index contributed by atoms with van der Waals surface area (Å²) in [5.41, 5.74) is 0.745. The Morgan fingerprint density at radius 3 is 2.83 bits per heavy atom. The molecule has 0 saturated carbocycles. The molecule has 0 bridgehead atoms. The molecular weight excluding hydrogens is 224 g/mol. The summed E-state index contributed by atoms with van der Waals surface area (Å²) in [6, 6.07) is 10.0. The van der Waals surface area contributed by atoms with Crippen LogP contribution in [0, 0.1) is 0 Å². The van der Waals surface area contributed by atoms with Gasteiger partial charge >= 0.3 is 0 Å². The molecule has 0 radical (unpaired) electrons. The standard InChI is InChI=1S/C15H22N2O/c1-17-12-6-5-9-14(17)10-11-16-15(18)13-7-3-2-4-8-13/h2-4,7-8,14H,5-6,9-12H2,1H3,(H,16,18)/t14-/m0/s1. The lowest BCUT2D eigenvalue weighted by molar-refractivity contribution is 0.0945. The van der Waals surface area contributed by atoms with Gasteiger partial charge in [0.15, 0.2) is 0 Å². The number of nitrogens with zero attached hydrogens (tertiary/aromatic N) is 1. The Balaban J connectivity index is 1.73. The van der Waals surface area contributed by atoms with Gasteiger partial charge in [-0.1, -0.05) is 24.6 Å². The number of amides is 1. The number of nitrogens with one attached hydrogen (secondary N) is 1. The molecule has 2 rings (SSSR count). The number of likely N-dealkylation sites (tertiary alicyclic amines) is 1. The molecule has 3 heteroatoms. The average Bonchev–Trinajstić information content (AvgIpc) is 2.42. The SMILES string of the molecule is CN1CCCC[C@H]1CCNC(=O)c1ccccc1. The fourth-order valence-corrected chi connectivity index (χ4v) is 2.55. The Morgan fingerprint density at radius 1 is 1.33 bits per heavy atom. The third kappa shape index (κ3) is 3.57. The Morgan fingerprint density at radius 2 is 2.11 bits per heavy atom. The number of benzene rings is 1. The van der Waals surface area contributed by atoms with Gasteiger partial charge in [-0.25, -0.2) is 0 Å². The maximum absolute atomic E-state index is 11.8. The molecule has 1 atom stereocenters. The van der Waals surface area contributed by atoms with Gasteiger partial charge in [0.05, 0.1) is 0 Å². The fraction of sp³-hybridized carbons (Fsp3) is 0.533. The lowest BCUT2D eigenvalue weighted by atomic mass is 10.0. The van der Waals surface area contributed by atoms with Crippen molar-refractivity contribution in [1.29, 1.82) is 0 Å². The summed E-state index contributed by atoms with van der Waals surface area (Å²) in [7, 11) is 2.18. The van der Waals surface area contributed by atoms with E-state index in [1.165, 1.54) is 25.8 Å². The predicted octanol–water partition coefficient (Wildman–Crippen LogP) is 2.29. The zero-order chi connectivity index (χ0) is 12.8. The maximum atomic E-state index is 11.8. The third-order valence-corrected chi connectivity index (χ3v) is 3.72. The van der Waals surface area contributed by atoms with Gasteiger partial charge in [0.2, 0.25) is 0 Å². The van der Waals surface area contributed by atoms with Crippen LogP contribution in [0.15, 0.2) is 30.3 Å². The van der Waals surface area contributed by atoms with Crippen LogP contribution in [0.4, 0.5) is 0 Å². The van der Waals surface area contributed by atoms with Crippen LogP contribution < -0.4 is 5.32 Å². The first-order chi connectivity index (χ1) is 8.77. The molecule has 18 heavy (non-hydrogen) atoms. The summed E-state index contributed by atoms with van der Waals surface area (Å²) < 4.78 is 0. The van der Waals surface area contributed by atoms with Crippen LogP contribution in [-0.4, -0.2) is 37.0 Å². The summed E-state index contributed by atoms with van der Waals surface area (Å²) in [4.78, 5) is 14.3. The first-order valence-corrected chi connectivity index (χ1v) is 6.81. The molecule has 1 aliphatic rings. The zero-order valence-electron chi connectivity index (χ0n) is 11.1. The molecule has 0 aromatic heterocycles. The highest BCUT2D eigenvalue weighted by Gasteiger charge is 2.18. The molecule has 1 fully saturated rings. The predicted molar refractivity (Wildman–Crippen MR) is 73.7 cm³/mol. The van der Waals surface area contributed by atoms with E-state index in [9.17, 15) is 4.79 Å². The van der Waals surface area contributed by atoms with Crippen molar-refractivity contribution in [3.63, 3.8) is 0 Å². The third-order valence-electron chi connectivity index (χ3n) is 3.72. The molecule has 3 nitrogen and oxygen atoms in total. The van der Waals surface area contributed by atoms with Gasteiger partial charge in [-0.3, -0.25) is 4.79 Å². The van der Waals surface area contributed by atoms with E-state index in [0.29, 0.717) is 6.04 Å². The van der Waals surface area contributed by atoms with Crippen molar-refractivity contribution in [2.24, 2.45) is 0 Å². The second-order valence-corrected chi connectivity index (χ2v) is 5.04. The lowest BCUT2D eigenvalue weighted by Crippen LogP contribution is -2.39. The van der Waals surface area contributed by atoms with Crippen molar-refractivity contribution in [2.75, 3.05) is 20.1 Å². The summed E-state index contributed by atoms with van der Waals surface area (Å²) in [5, 5.41) is 3.00. The summed E-state index contributed by atoms with van der Waals surface area (Å²) in [5.74, 6) is 0.0362. The van der Waals surface area contributed by atoms with Crippen molar-refractivity contribution < 1.29 is 4.79 Å². The number of hydrogen-bond acceptors (Lipinski definition) is 2. The summed E-state index contributed by atoms with van der Waals surface area (Å²) in [6.07, 6.45) is 4.94. The summed E-state index contributed by atoms with van der Waals surface area (Å²) in [6.45, 7) is 1.96.